The lowest BCUT2D eigenvalue weighted by Crippen LogP contribution is -2.31. The molecule has 0 radical (unpaired) electrons. The van der Waals surface area contributed by atoms with Crippen LogP contribution in [0, 0.1) is 0 Å². The van der Waals surface area contributed by atoms with Crippen molar-refractivity contribution in [2.45, 2.75) is 0 Å². The van der Waals surface area contributed by atoms with Crippen molar-refractivity contribution in [1.29, 1.82) is 0 Å². The lowest BCUT2D eigenvalue weighted by Gasteiger charge is -2.10. The summed E-state index contributed by atoms with van der Waals surface area (Å²) < 4.78 is 1.55. The average Bonchev–Trinajstić information content (AvgIpc) is 2.86. The third kappa shape index (κ3) is 3.45. The molecule has 3 rings (SSSR count). The molecule has 0 saturated heterocycles. The van der Waals surface area contributed by atoms with Crippen LogP contribution in [0.5, 0.6) is 5.88 Å². The van der Waals surface area contributed by atoms with Crippen LogP contribution in [0.15, 0.2) is 42.6 Å². The first-order valence-corrected chi connectivity index (χ1v) is 8.24. The molecular weight excluding hydrogens is 340 g/mol. The molecule has 0 aliphatic rings. The Morgan fingerprint density at radius 2 is 2.12 bits per heavy atom. The zero-order valence-electron chi connectivity index (χ0n) is 14.0. The Labute approximate surface area is 150 Å². The lowest BCUT2D eigenvalue weighted by molar-refractivity contribution is 0.0950. The number of hydrogen-bond acceptors (Lipinski definition) is 4. The molecule has 3 aromatic rings. The van der Waals surface area contributed by atoms with E-state index in [0.29, 0.717) is 34.8 Å². The molecule has 0 bridgehead atoms. The Morgan fingerprint density at radius 1 is 1.32 bits per heavy atom. The van der Waals surface area contributed by atoms with Gasteiger partial charge >= 0.3 is 0 Å². The molecule has 0 unspecified atom stereocenters. The van der Waals surface area contributed by atoms with E-state index in [1.807, 2.05) is 25.1 Å². The Kier molecular flexibility index (Phi) is 4.92. The van der Waals surface area contributed by atoms with E-state index in [9.17, 15) is 9.90 Å². The highest BCUT2D eigenvalue weighted by Gasteiger charge is 2.23. The zero-order chi connectivity index (χ0) is 18.0. The molecular formula is C18H19ClN4O2. The molecule has 2 aromatic heterocycles. The molecule has 130 valence electrons. The van der Waals surface area contributed by atoms with E-state index in [-0.39, 0.29) is 17.4 Å². The van der Waals surface area contributed by atoms with Crippen LogP contribution in [-0.4, -0.2) is 52.6 Å². The number of rotatable bonds is 5. The number of pyridine rings is 1. The predicted octanol–water partition coefficient (Wildman–Crippen LogP) is 2.68. The Balaban J connectivity index is 2.10. The maximum Gasteiger partial charge on any atom is 0.257 e. The average molecular weight is 359 g/mol. The highest BCUT2D eigenvalue weighted by molar-refractivity contribution is 6.31. The van der Waals surface area contributed by atoms with Crippen LogP contribution in [0.25, 0.3) is 16.7 Å². The third-order valence-corrected chi connectivity index (χ3v) is 4.09. The fourth-order valence-electron chi connectivity index (χ4n) is 2.67. The largest absolute Gasteiger partial charge is 0.494 e. The number of carbonyl (C=O) groups excluding carboxylic acids is 1. The topological polar surface area (TPSA) is 70.4 Å². The molecule has 0 atom stereocenters. The standard InChI is InChI=1S/C18H19ClN4O2/c1-22(2)10-9-21-17(24)16-13-11-12(19)6-7-14(13)23(18(16)25)15-5-3-4-8-20-15/h3-8,11,25H,9-10H2,1-2H3,(H,21,24). The van der Waals surface area contributed by atoms with Crippen LogP contribution < -0.4 is 5.32 Å². The fraction of sp³-hybridized carbons (Fsp3) is 0.222. The third-order valence-electron chi connectivity index (χ3n) is 3.85. The number of aromatic hydroxyl groups is 1. The highest BCUT2D eigenvalue weighted by Crippen LogP contribution is 2.35. The van der Waals surface area contributed by atoms with Crippen molar-refractivity contribution in [3.8, 4) is 11.7 Å². The Morgan fingerprint density at radius 3 is 2.80 bits per heavy atom. The smallest absolute Gasteiger partial charge is 0.257 e. The van der Waals surface area contributed by atoms with Crippen molar-refractivity contribution in [3.63, 3.8) is 0 Å². The van der Waals surface area contributed by atoms with E-state index >= 15 is 0 Å². The summed E-state index contributed by atoms with van der Waals surface area (Å²) in [6.07, 6.45) is 1.63. The van der Waals surface area contributed by atoms with Crippen LogP contribution in [-0.2, 0) is 0 Å². The number of fused-ring (bicyclic) bond motifs is 1. The van der Waals surface area contributed by atoms with E-state index in [4.69, 9.17) is 11.6 Å². The van der Waals surface area contributed by atoms with E-state index in [1.54, 1.807) is 41.1 Å². The van der Waals surface area contributed by atoms with Crippen molar-refractivity contribution in [3.05, 3.63) is 53.2 Å². The van der Waals surface area contributed by atoms with Crippen molar-refractivity contribution in [1.82, 2.24) is 19.8 Å². The lowest BCUT2D eigenvalue weighted by atomic mass is 10.1. The van der Waals surface area contributed by atoms with Gasteiger partial charge in [0, 0.05) is 29.7 Å². The van der Waals surface area contributed by atoms with Crippen LogP contribution in [0.1, 0.15) is 10.4 Å². The van der Waals surface area contributed by atoms with Crippen molar-refractivity contribution in [2.24, 2.45) is 0 Å². The molecule has 25 heavy (non-hydrogen) atoms. The van der Waals surface area contributed by atoms with Crippen molar-refractivity contribution >= 4 is 28.4 Å². The summed E-state index contributed by atoms with van der Waals surface area (Å²) in [4.78, 5) is 18.9. The van der Waals surface area contributed by atoms with Gasteiger partial charge in [-0.3, -0.25) is 9.36 Å². The van der Waals surface area contributed by atoms with Crippen molar-refractivity contribution < 1.29 is 9.90 Å². The number of hydrogen-bond donors (Lipinski definition) is 2. The van der Waals surface area contributed by atoms with E-state index in [2.05, 4.69) is 10.3 Å². The molecule has 0 fully saturated rings. The molecule has 0 aliphatic heterocycles. The SMILES string of the molecule is CN(C)CCNC(=O)c1c(O)n(-c2ccccn2)c2ccc(Cl)cc12. The van der Waals surface area contributed by atoms with Gasteiger partial charge in [-0.05, 0) is 44.4 Å². The summed E-state index contributed by atoms with van der Waals surface area (Å²) >= 11 is 6.10. The van der Waals surface area contributed by atoms with Crippen molar-refractivity contribution in [2.75, 3.05) is 27.2 Å². The van der Waals surface area contributed by atoms with Gasteiger partial charge in [0.05, 0.1) is 5.52 Å². The van der Waals surface area contributed by atoms with E-state index in [0.717, 1.165) is 0 Å². The molecule has 0 spiro atoms. The first-order chi connectivity index (χ1) is 12.0. The second-order valence-corrected chi connectivity index (χ2v) is 6.38. The number of carbonyl (C=O) groups is 1. The highest BCUT2D eigenvalue weighted by atomic mass is 35.5. The van der Waals surface area contributed by atoms with Gasteiger partial charge in [-0.1, -0.05) is 17.7 Å². The maximum absolute atomic E-state index is 12.7. The summed E-state index contributed by atoms with van der Waals surface area (Å²) in [6, 6.07) is 10.5. The minimum atomic E-state index is -0.346. The number of aromatic nitrogens is 2. The number of benzene rings is 1. The molecule has 7 heteroatoms. The van der Waals surface area contributed by atoms with Gasteiger partial charge in [0.15, 0.2) is 0 Å². The summed E-state index contributed by atoms with van der Waals surface area (Å²) in [5.74, 6) is 0.0271. The van der Waals surface area contributed by atoms with Gasteiger partial charge in [0.25, 0.3) is 5.91 Å². The monoisotopic (exact) mass is 358 g/mol. The molecule has 1 aromatic carbocycles. The minimum Gasteiger partial charge on any atom is -0.494 e. The summed E-state index contributed by atoms with van der Waals surface area (Å²) in [6.45, 7) is 1.17. The quantitative estimate of drug-likeness (QED) is 0.735. The second kappa shape index (κ2) is 7.13. The number of amides is 1. The van der Waals surface area contributed by atoms with Crippen LogP contribution in [0.2, 0.25) is 5.02 Å². The summed E-state index contributed by atoms with van der Waals surface area (Å²) in [5, 5.41) is 14.6. The minimum absolute atomic E-state index is 0.154. The molecule has 2 heterocycles. The van der Waals surface area contributed by atoms with E-state index in [1.165, 1.54) is 0 Å². The van der Waals surface area contributed by atoms with Crippen LogP contribution in [0.3, 0.4) is 0 Å². The molecule has 0 aliphatic carbocycles. The Hall–Kier alpha value is -2.57. The number of nitrogens with zero attached hydrogens (tertiary/aromatic N) is 3. The van der Waals surface area contributed by atoms with Crippen LogP contribution >= 0.6 is 11.6 Å². The maximum atomic E-state index is 12.7. The second-order valence-electron chi connectivity index (χ2n) is 5.94. The first-order valence-electron chi connectivity index (χ1n) is 7.86. The molecule has 1 amide bonds. The molecule has 2 N–H and O–H groups in total. The van der Waals surface area contributed by atoms with Gasteiger partial charge in [-0.2, -0.15) is 0 Å². The molecule has 6 nitrogen and oxygen atoms in total. The normalized spacial score (nSPS) is 11.2. The fourth-order valence-corrected chi connectivity index (χ4v) is 2.85. The number of likely N-dealkylation sites (N-methyl/N-ethyl adjacent to an activating group) is 1. The van der Waals surface area contributed by atoms with Gasteiger partial charge < -0.3 is 15.3 Å². The Bertz CT molecular complexity index is 906. The zero-order valence-corrected chi connectivity index (χ0v) is 14.8. The van der Waals surface area contributed by atoms with Gasteiger partial charge in [0.2, 0.25) is 5.88 Å². The predicted molar refractivity (Wildman–Crippen MR) is 98.6 cm³/mol. The number of nitrogens with one attached hydrogen (secondary N) is 1. The number of halogens is 1. The first kappa shape index (κ1) is 17.3. The summed E-state index contributed by atoms with van der Waals surface area (Å²) in [7, 11) is 3.85. The summed E-state index contributed by atoms with van der Waals surface area (Å²) in [5.41, 5.74) is 0.861. The van der Waals surface area contributed by atoms with Crippen LogP contribution in [0.4, 0.5) is 0 Å². The van der Waals surface area contributed by atoms with Gasteiger partial charge in [-0.25, -0.2) is 4.98 Å². The van der Waals surface area contributed by atoms with E-state index < -0.39 is 0 Å². The van der Waals surface area contributed by atoms with Gasteiger partial charge in [0.1, 0.15) is 11.4 Å². The van der Waals surface area contributed by atoms with Gasteiger partial charge in [-0.15, -0.1) is 0 Å². The molecule has 0 saturated carbocycles.